The second-order valence-electron chi connectivity index (χ2n) is 12.3. The van der Waals surface area contributed by atoms with E-state index in [0.717, 1.165) is 13.0 Å². The summed E-state index contributed by atoms with van der Waals surface area (Å²) < 4.78 is 61.0. The second kappa shape index (κ2) is 41.9. The van der Waals surface area contributed by atoms with Gasteiger partial charge in [0.2, 0.25) is 0 Å². The molecule has 0 saturated heterocycles. The molecule has 296 valence electrons. The first-order valence-corrected chi connectivity index (χ1v) is 19.2. The molecule has 0 aromatic heterocycles. The molecule has 0 spiro atoms. The van der Waals surface area contributed by atoms with E-state index in [1.165, 1.54) is 57.8 Å². The maximum Gasteiger partial charge on any atom is 0.0781 e. The molecular formula is C37H76O12. The zero-order valence-electron chi connectivity index (χ0n) is 31.9. The average molecular weight is 713 g/mol. The van der Waals surface area contributed by atoms with E-state index in [1.807, 2.05) is 13.8 Å². The van der Waals surface area contributed by atoms with Crippen LogP contribution in [0, 0.1) is 0 Å². The fourth-order valence-electron chi connectivity index (χ4n) is 4.40. The molecule has 0 heterocycles. The summed E-state index contributed by atoms with van der Waals surface area (Å²) in [6, 6.07) is 0. The van der Waals surface area contributed by atoms with Crippen LogP contribution >= 0.6 is 0 Å². The van der Waals surface area contributed by atoms with Crippen molar-refractivity contribution in [2.45, 2.75) is 110 Å². The zero-order chi connectivity index (χ0) is 35.7. The van der Waals surface area contributed by atoms with Crippen molar-refractivity contribution in [2.24, 2.45) is 0 Å². The summed E-state index contributed by atoms with van der Waals surface area (Å²) in [6.07, 6.45) is 12.8. The van der Waals surface area contributed by atoms with Crippen molar-refractivity contribution >= 4 is 0 Å². The third kappa shape index (κ3) is 43.6. The first-order valence-electron chi connectivity index (χ1n) is 19.2. The van der Waals surface area contributed by atoms with E-state index in [9.17, 15) is 5.11 Å². The van der Waals surface area contributed by atoms with Crippen LogP contribution in [0.3, 0.4) is 0 Å². The Labute approximate surface area is 299 Å². The van der Waals surface area contributed by atoms with Crippen molar-refractivity contribution in [1.82, 2.24) is 0 Å². The van der Waals surface area contributed by atoms with E-state index in [4.69, 9.17) is 52.1 Å². The van der Waals surface area contributed by atoms with Crippen LogP contribution in [0.1, 0.15) is 91.9 Å². The van der Waals surface area contributed by atoms with Gasteiger partial charge < -0.3 is 57.2 Å². The summed E-state index contributed by atoms with van der Waals surface area (Å²) in [5.74, 6) is 0. The highest BCUT2D eigenvalue weighted by Crippen LogP contribution is 2.10. The van der Waals surface area contributed by atoms with Gasteiger partial charge in [0.1, 0.15) is 0 Å². The Bertz CT molecular complexity index is 602. The molecule has 0 rings (SSSR count). The standard InChI is InChI=1S/C37H76O12/c1-5-6-7-8-9-10-11-12-13-14-15-39-16-17-40-18-19-41-20-21-42-22-23-43-24-25-44-26-27-45-28-29-46-30-31-47-33-36(3)49-34-37(4)48-32-35(2)38/h35-38H,5-34H2,1-4H3. The molecule has 0 aliphatic heterocycles. The van der Waals surface area contributed by atoms with Gasteiger partial charge in [-0.1, -0.05) is 64.7 Å². The van der Waals surface area contributed by atoms with Crippen LogP contribution in [-0.4, -0.2) is 156 Å². The van der Waals surface area contributed by atoms with Gasteiger partial charge in [-0.25, -0.2) is 0 Å². The molecule has 3 unspecified atom stereocenters. The normalized spacial score (nSPS) is 13.7. The second-order valence-corrected chi connectivity index (χ2v) is 12.3. The smallest absolute Gasteiger partial charge is 0.0781 e. The zero-order valence-corrected chi connectivity index (χ0v) is 31.9. The largest absolute Gasteiger partial charge is 0.391 e. The Morgan fingerprint density at radius 3 is 0.980 bits per heavy atom. The summed E-state index contributed by atoms with van der Waals surface area (Å²) in [5.41, 5.74) is 0. The average Bonchev–Trinajstić information content (AvgIpc) is 3.09. The van der Waals surface area contributed by atoms with Crippen LogP contribution in [0.15, 0.2) is 0 Å². The Kier molecular flexibility index (Phi) is 41.5. The quantitative estimate of drug-likeness (QED) is 0.0832. The molecule has 3 atom stereocenters. The van der Waals surface area contributed by atoms with Crippen LogP contribution in [0.25, 0.3) is 0 Å². The summed E-state index contributed by atoms with van der Waals surface area (Å²) in [5, 5.41) is 9.24. The number of ether oxygens (including phenoxy) is 11. The van der Waals surface area contributed by atoms with Crippen molar-refractivity contribution in [1.29, 1.82) is 0 Å². The molecule has 0 fully saturated rings. The van der Waals surface area contributed by atoms with Gasteiger partial charge in [-0.2, -0.15) is 0 Å². The molecule has 0 aliphatic carbocycles. The highest BCUT2D eigenvalue weighted by atomic mass is 16.6. The van der Waals surface area contributed by atoms with Crippen molar-refractivity contribution < 1.29 is 57.2 Å². The minimum atomic E-state index is -0.474. The van der Waals surface area contributed by atoms with Crippen LogP contribution in [0.2, 0.25) is 0 Å². The molecule has 0 aliphatic rings. The van der Waals surface area contributed by atoms with Gasteiger partial charge >= 0.3 is 0 Å². The van der Waals surface area contributed by atoms with Gasteiger partial charge in [0.05, 0.1) is 144 Å². The van der Waals surface area contributed by atoms with Crippen LogP contribution in [0.5, 0.6) is 0 Å². The number of rotatable bonds is 43. The number of unbranched alkanes of at least 4 members (excludes halogenated alkanes) is 9. The number of hydrogen-bond donors (Lipinski definition) is 1. The van der Waals surface area contributed by atoms with Gasteiger partial charge in [-0.3, -0.25) is 0 Å². The predicted molar refractivity (Wildman–Crippen MR) is 192 cm³/mol. The summed E-state index contributed by atoms with van der Waals surface area (Å²) in [7, 11) is 0. The van der Waals surface area contributed by atoms with Gasteiger partial charge in [-0.15, -0.1) is 0 Å². The maximum absolute atomic E-state index is 9.24. The lowest BCUT2D eigenvalue weighted by molar-refractivity contribution is -0.0745. The summed E-state index contributed by atoms with van der Waals surface area (Å²) in [4.78, 5) is 0. The van der Waals surface area contributed by atoms with Gasteiger partial charge in [0.15, 0.2) is 0 Å². The molecule has 0 amide bonds. The Hall–Kier alpha value is -0.480. The van der Waals surface area contributed by atoms with E-state index in [-0.39, 0.29) is 12.2 Å². The highest BCUT2D eigenvalue weighted by molar-refractivity contribution is 4.54. The number of aliphatic hydroxyl groups is 1. The SMILES string of the molecule is CCCCCCCCCCCCOCCOCCOCCOCCOCCOCCOCCOCCOCC(C)OCC(C)OCC(C)O. The highest BCUT2D eigenvalue weighted by Gasteiger charge is 2.08. The molecule has 0 bridgehead atoms. The van der Waals surface area contributed by atoms with E-state index >= 15 is 0 Å². The fraction of sp³-hybridized carbons (Fsp3) is 1.00. The molecule has 0 saturated carbocycles. The molecule has 12 heteroatoms. The molecule has 0 aromatic rings. The lowest BCUT2D eigenvalue weighted by Crippen LogP contribution is -2.26. The van der Waals surface area contributed by atoms with E-state index in [2.05, 4.69) is 6.92 Å². The van der Waals surface area contributed by atoms with E-state index < -0.39 is 6.10 Å². The Morgan fingerprint density at radius 1 is 0.327 bits per heavy atom. The molecule has 0 aromatic carbocycles. The van der Waals surface area contributed by atoms with Crippen LogP contribution in [-0.2, 0) is 52.1 Å². The number of aliphatic hydroxyl groups excluding tert-OH is 1. The summed E-state index contributed by atoms with van der Waals surface area (Å²) in [6.45, 7) is 18.5. The van der Waals surface area contributed by atoms with E-state index in [0.29, 0.717) is 126 Å². The van der Waals surface area contributed by atoms with Crippen molar-refractivity contribution in [3.63, 3.8) is 0 Å². The Morgan fingerprint density at radius 2 is 0.612 bits per heavy atom. The topological polar surface area (TPSA) is 122 Å². The monoisotopic (exact) mass is 713 g/mol. The lowest BCUT2D eigenvalue weighted by atomic mass is 10.1. The number of hydrogen-bond acceptors (Lipinski definition) is 12. The van der Waals surface area contributed by atoms with Crippen molar-refractivity contribution in [3.8, 4) is 0 Å². The molecule has 12 nitrogen and oxygen atoms in total. The van der Waals surface area contributed by atoms with Crippen molar-refractivity contribution in [3.05, 3.63) is 0 Å². The first-order chi connectivity index (χ1) is 24.1. The molecule has 0 radical (unpaired) electrons. The molecular weight excluding hydrogens is 636 g/mol. The van der Waals surface area contributed by atoms with Gasteiger partial charge in [0.25, 0.3) is 0 Å². The predicted octanol–water partition coefficient (Wildman–Crippen LogP) is 5.25. The minimum Gasteiger partial charge on any atom is -0.391 e. The fourth-order valence-corrected chi connectivity index (χ4v) is 4.40. The maximum atomic E-state index is 9.24. The summed E-state index contributed by atoms with van der Waals surface area (Å²) >= 11 is 0. The van der Waals surface area contributed by atoms with Crippen LogP contribution in [0.4, 0.5) is 0 Å². The minimum absolute atomic E-state index is 0.0406. The molecule has 49 heavy (non-hydrogen) atoms. The molecule has 1 N–H and O–H groups in total. The third-order valence-electron chi connectivity index (χ3n) is 7.21. The first kappa shape index (κ1) is 48.5. The van der Waals surface area contributed by atoms with Gasteiger partial charge in [0, 0.05) is 6.61 Å². The van der Waals surface area contributed by atoms with Crippen molar-refractivity contribution in [2.75, 3.05) is 132 Å². The van der Waals surface area contributed by atoms with E-state index in [1.54, 1.807) is 6.92 Å². The Balaban J connectivity index is 3.13. The third-order valence-corrected chi connectivity index (χ3v) is 7.21. The van der Waals surface area contributed by atoms with Crippen LogP contribution < -0.4 is 0 Å². The lowest BCUT2D eigenvalue weighted by Gasteiger charge is -2.18. The van der Waals surface area contributed by atoms with Gasteiger partial charge in [-0.05, 0) is 27.2 Å².